The van der Waals surface area contributed by atoms with Crippen LogP contribution in [0.5, 0.6) is 0 Å². The molecule has 0 radical (unpaired) electrons. The molecule has 4 heterocycles. The normalized spacial score (nSPS) is 18.2. The fraction of sp³-hybridized carbons (Fsp3) is 0.261. The molecule has 30 heavy (non-hydrogen) atoms. The van der Waals surface area contributed by atoms with E-state index in [2.05, 4.69) is 9.88 Å². The van der Waals surface area contributed by atoms with Gasteiger partial charge in [0.05, 0.1) is 12.2 Å². The molecule has 1 fully saturated rings. The summed E-state index contributed by atoms with van der Waals surface area (Å²) in [5.74, 6) is 0.899. The van der Waals surface area contributed by atoms with Crippen LogP contribution in [0.4, 0.5) is 16.0 Å². The van der Waals surface area contributed by atoms with Crippen molar-refractivity contribution in [2.24, 2.45) is 5.73 Å². The van der Waals surface area contributed by atoms with Crippen LogP contribution >= 0.6 is 0 Å². The molecule has 3 aromatic rings. The molecule has 0 saturated carbocycles. The molecule has 7 heteroatoms. The van der Waals surface area contributed by atoms with Crippen molar-refractivity contribution in [3.8, 4) is 11.3 Å². The van der Waals surface area contributed by atoms with Gasteiger partial charge in [0.15, 0.2) is 0 Å². The number of aryl methyl sites for hydroxylation is 1. The number of rotatable bonds is 3. The second-order valence-corrected chi connectivity index (χ2v) is 7.86. The van der Waals surface area contributed by atoms with Crippen LogP contribution in [0.25, 0.3) is 11.3 Å². The van der Waals surface area contributed by atoms with Gasteiger partial charge in [0.25, 0.3) is 5.91 Å². The highest BCUT2D eigenvalue weighted by molar-refractivity contribution is 6.10. The highest BCUT2D eigenvalue weighted by atomic mass is 19.1. The van der Waals surface area contributed by atoms with Crippen LogP contribution in [0.15, 0.2) is 48.7 Å². The van der Waals surface area contributed by atoms with Crippen molar-refractivity contribution in [2.75, 3.05) is 22.9 Å². The van der Waals surface area contributed by atoms with E-state index in [-0.39, 0.29) is 17.8 Å². The lowest BCUT2D eigenvalue weighted by Gasteiger charge is -2.20. The third kappa shape index (κ3) is 3.02. The number of amides is 1. The van der Waals surface area contributed by atoms with E-state index in [9.17, 15) is 9.18 Å². The number of carbonyl (C=O) groups excluding carboxylic acids is 1. The average molecular weight is 403 g/mol. The van der Waals surface area contributed by atoms with Gasteiger partial charge in [-0.05, 0) is 43.2 Å². The van der Waals surface area contributed by atoms with Crippen molar-refractivity contribution in [2.45, 2.75) is 25.9 Å². The first-order valence-corrected chi connectivity index (χ1v) is 10.1. The van der Waals surface area contributed by atoms with Gasteiger partial charge in [-0.3, -0.25) is 14.7 Å². The zero-order valence-corrected chi connectivity index (χ0v) is 16.7. The number of halogens is 1. The maximum absolute atomic E-state index is 14.6. The number of carbonyl (C=O) groups is 1. The van der Waals surface area contributed by atoms with Gasteiger partial charge in [0.1, 0.15) is 17.5 Å². The molecular weight excluding hydrogens is 381 g/mol. The number of hydrogen-bond donors (Lipinski definition) is 1. The number of fused-ring (bicyclic) bond motifs is 1. The molecular formula is C23H22FN5O. The van der Waals surface area contributed by atoms with Crippen molar-refractivity contribution >= 4 is 17.5 Å². The van der Waals surface area contributed by atoms with Crippen LogP contribution in [0.2, 0.25) is 0 Å². The van der Waals surface area contributed by atoms with Gasteiger partial charge in [-0.25, -0.2) is 9.37 Å². The highest BCUT2D eigenvalue weighted by Crippen LogP contribution is 2.36. The van der Waals surface area contributed by atoms with E-state index in [1.165, 1.54) is 6.07 Å². The minimum atomic E-state index is -0.340. The first-order valence-electron chi connectivity index (χ1n) is 10.1. The van der Waals surface area contributed by atoms with E-state index in [1.807, 2.05) is 31.2 Å². The maximum atomic E-state index is 14.6. The molecule has 0 aliphatic carbocycles. The van der Waals surface area contributed by atoms with Gasteiger partial charge < -0.3 is 10.6 Å². The third-order valence-corrected chi connectivity index (χ3v) is 5.85. The van der Waals surface area contributed by atoms with Crippen LogP contribution in [0.3, 0.4) is 0 Å². The van der Waals surface area contributed by atoms with Gasteiger partial charge in [-0.1, -0.05) is 18.2 Å². The number of pyridine rings is 2. The molecule has 6 nitrogen and oxygen atoms in total. The Hall–Kier alpha value is -3.32. The third-order valence-electron chi connectivity index (χ3n) is 5.85. The lowest BCUT2D eigenvalue weighted by atomic mass is 9.99. The van der Waals surface area contributed by atoms with Crippen molar-refractivity contribution < 1.29 is 9.18 Å². The Kier molecular flexibility index (Phi) is 4.47. The zero-order chi connectivity index (χ0) is 20.8. The van der Waals surface area contributed by atoms with Gasteiger partial charge in [0, 0.05) is 42.0 Å². The fourth-order valence-electron chi connectivity index (χ4n) is 4.29. The molecule has 1 amide bonds. The Morgan fingerprint density at radius 1 is 1.13 bits per heavy atom. The van der Waals surface area contributed by atoms with E-state index in [1.54, 1.807) is 23.2 Å². The molecule has 2 N–H and O–H groups in total. The van der Waals surface area contributed by atoms with Crippen molar-refractivity contribution in [3.05, 3.63) is 71.2 Å². The molecule has 1 atom stereocenters. The lowest BCUT2D eigenvalue weighted by Crippen LogP contribution is -2.28. The number of nitrogens with zero attached hydrogens (tertiary/aromatic N) is 4. The maximum Gasteiger partial charge on any atom is 0.260 e. The molecule has 1 aromatic carbocycles. The van der Waals surface area contributed by atoms with Crippen molar-refractivity contribution in [1.82, 2.24) is 9.97 Å². The molecule has 2 aliphatic heterocycles. The second kappa shape index (κ2) is 7.18. The van der Waals surface area contributed by atoms with Crippen molar-refractivity contribution in [3.63, 3.8) is 0 Å². The van der Waals surface area contributed by atoms with Crippen LogP contribution in [0, 0.1) is 12.7 Å². The fourth-order valence-corrected chi connectivity index (χ4v) is 4.29. The van der Waals surface area contributed by atoms with Crippen LogP contribution < -0.4 is 15.5 Å². The summed E-state index contributed by atoms with van der Waals surface area (Å²) in [7, 11) is 0. The predicted octanol–water partition coefficient (Wildman–Crippen LogP) is 3.29. The Labute approximate surface area is 174 Å². The SMILES string of the molecule is Cc1cccc(F)c1-c1nccc2c1CN(c1cccc(N3CCC(N)C3)n1)C2=O. The predicted molar refractivity (Wildman–Crippen MR) is 114 cm³/mol. The number of anilines is 2. The zero-order valence-electron chi connectivity index (χ0n) is 16.7. The van der Waals surface area contributed by atoms with E-state index >= 15 is 0 Å². The number of benzene rings is 1. The van der Waals surface area contributed by atoms with Gasteiger partial charge >= 0.3 is 0 Å². The van der Waals surface area contributed by atoms with Crippen molar-refractivity contribution in [1.29, 1.82) is 0 Å². The molecule has 5 rings (SSSR count). The first kappa shape index (κ1) is 18.7. The average Bonchev–Trinajstić information content (AvgIpc) is 3.32. The second-order valence-electron chi connectivity index (χ2n) is 7.86. The summed E-state index contributed by atoms with van der Waals surface area (Å²) in [4.78, 5) is 26.1. The number of hydrogen-bond acceptors (Lipinski definition) is 5. The molecule has 0 bridgehead atoms. The Morgan fingerprint density at radius 2 is 1.93 bits per heavy atom. The Morgan fingerprint density at radius 3 is 2.70 bits per heavy atom. The number of nitrogens with two attached hydrogens (primary N) is 1. The largest absolute Gasteiger partial charge is 0.355 e. The lowest BCUT2D eigenvalue weighted by molar-refractivity contribution is 0.0996. The van der Waals surface area contributed by atoms with Gasteiger partial charge in [-0.15, -0.1) is 0 Å². The summed E-state index contributed by atoms with van der Waals surface area (Å²) < 4.78 is 14.6. The van der Waals surface area contributed by atoms with Gasteiger partial charge in [0.2, 0.25) is 0 Å². The monoisotopic (exact) mass is 403 g/mol. The molecule has 2 aliphatic rings. The Balaban J connectivity index is 1.52. The molecule has 1 unspecified atom stereocenters. The smallest absolute Gasteiger partial charge is 0.260 e. The summed E-state index contributed by atoms with van der Waals surface area (Å²) in [6, 6.07) is 12.4. The summed E-state index contributed by atoms with van der Waals surface area (Å²) >= 11 is 0. The first-order chi connectivity index (χ1) is 14.5. The van der Waals surface area contributed by atoms with Crippen LogP contribution in [-0.2, 0) is 6.54 Å². The van der Waals surface area contributed by atoms with Crippen LogP contribution in [0.1, 0.15) is 27.9 Å². The van der Waals surface area contributed by atoms with E-state index in [0.717, 1.165) is 36.5 Å². The summed E-state index contributed by atoms with van der Waals surface area (Å²) in [6.07, 6.45) is 2.49. The molecule has 0 spiro atoms. The standard InChI is InChI=1S/C23H22FN5O/c1-14-4-2-5-18(24)21(14)22-17-13-29(23(30)16(17)8-10-26-22)20-7-3-6-19(27-20)28-11-9-15(25)12-28/h2-8,10,15H,9,11-13,25H2,1H3. The summed E-state index contributed by atoms with van der Waals surface area (Å²) in [5, 5.41) is 0. The number of aromatic nitrogens is 2. The molecule has 2 aromatic heterocycles. The molecule has 152 valence electrons. The molecule has 1 saturated heterocycles. The highest BCUT2D eigenvalue weighted by Gasteiger charge is 2.33. The van der Waals surface area contributed by atoms with Crippen LogP contribution in [-0.4, -0.2) is 35.0 Å². The Bertz CT molecular complexity index is 1130. The topological polar surface area (TPSA) is 75.3 Å². The summed E-state index contributed by atoms with van der Waals surface area (Å²) in [6.45, 7) is 3.76. The summed E-state index contributed by atoms with van der Waals surface area (Å²) in [5.41, 5.74) is 9.04. The van der Waals surface area contributed by atoms with E-state index < -0.39 is 0 Å². The van der Waals surface area contributed by atoms with E-state index in [0.29, 0.717) is 29.2 Å². The van der Waals surface area contributed by atoms with Gasteiger partial charge in [-0.2, -0.15) is 0 Å². The quantitative estimate of drug-likeness (QED) is 0.726. The minimum absolute atomic E-state index is 0.144. The minimum Gasteiger partial charge on any atom is -0.355 e. The van der Waals surface area contributed by atoms with E-state index in [4.69, 9.17) is 10.7 Å².